The first-order valence-corrected chi connectivity index (χ1v) is 6.98. The van der Waals surface area contributed by atoms with Gasteiger partial charge in [0.1, 0.15) is 12.4 Å². The number of aryl methyl sites for hydroxylation is 1. The van der Waals surface area contributed by atoms with E-state index in [-0.39, 0.29) is 12.5 Å². The van der Waals surface area contributed by atoms with Crippen LogP contribution in [-0.4, -0.2) is 17.8 Å². The molecule has 0 aliphatic heterocycles. The summed E-state index contributed by atoms with van der Waals surface area (Å²) in [5.41, 5.74) is 2.67. The minimum Gasteiger partial charge on any atom is -0.491 e. The minimum atomic E-state index is -0.599. The molecule has 2 rings (SSSR count). The average molecular weight is 281 g/mol. The Kier molecular flexibility index (Phi) is 4.97. The summed E-state index contributed by atoms with van der Waals surface area (Å²) < 4.78 is 5.68. The number of nitriles is 1. The standard InChI is InChI=1S/C18H19NO2/c1-13-5-3-4-6-18(13)21-12-17(20)14(2)16-9-7-15(11-19)8-10-16/h3-10,14,17,20H,12H2,1-2H3. The SMILES string of the molecule is Cc1ccccc1OCC(O)C(C)c1ccc(C#N)cc1. The minimum absolute atomic E-state index is 0.0539. The van der Waals surface area contributed by atoms with E-state index >= 15 is 0 Å². The third-order valence-electron chi connectivity index (χ3n) is 3.65. The molecular weight excluding hydrogens is 262 g/mol. The van der Waals surface area contributed by atoms with Gasteiger partial charge in [-0.25, -0.2) is 0 Å². The van der Waals surface area contributed by atoms with E-state index in [4.69, 9.17) is 10.00 Å². The molecule has 2 aromatic carbocycles. The number of aliphatic hydroxyl groups excluding tert-OH is 1. The molecule has 0 bridgehead atoms. The van der Waals surface area contributed by atoms with Crippen LogP contribution < -0.4 is 4.74 Å². The monoisotopic (exact) mass is 281 g/mol. The van der Waals surface area contributed by atoms with E-state index < -0.39 is 6.10 Å². The van der Waals surface area contributed by atoms with Gasteiger partial charge in [-0.2, -0.15) is 5.26 Å². The van der Waals surface area contributed by atoms with Crippen LogP contribution in [0, 0.1) is 18.3 Å². The molecule has 0 saturated carbocycles. The third kappa shape index (κ3) is 3.84. The van der Waals surface area contributed by atoms with Crippen LogP contribution in [0.15, 0.2) is 48.5 Å². The summed E-state index contributed by atoms with van der Waals surface area (Å²) in [6, 6.07) is 17.1. The van der Waals surface area contributed by atoms with Crippen LogP contribution in [0.25, 0.3) is 0 Å². The van der Waals surface area contributed by atoms with E-state index in [9.17, 15) is 5.11 Å². The maximum Gasteiger partial charge on any atom is 0.122 e. The average Bonchev–Trinajstić information content (AvgIpc) is 2.53. The van der Waals surface area contributed by atoms with Crippen LogP contribution in [0.1, 0.15) is 29.5 Å². The predicted octanol–water partition coefficient (Wildman–Crippen LogP) is 3.41. The predicted molar refractivity (Wildman–Crippen MR) is 82.3 cm³/mol. The Balaban J connectivity index is 1.97. The van der Waals surface area contributed by atoms with Crippen molar-refractivity contribution in [1.82, 2.24) is 0 Å². The Morgan fingerprint density at radius 3 is 2.43 bits per heavy atom. The van der Waals surface area contributed by atoms with E-state index in [1.165, 1.54) is 0 Å². The molecule has 2 atom stereocenters. The van der Waals surface area contributed by atoms with Gasteiger partial charge in [0.05, 0.1) is 17.7 Å². The van der Waals surface area contributed by atoms with Gasteiger partial charge in [0.2, 0.25) is 0 Å². The molecule has 0 aromatic heterocycles. The van der Waals surface area contributed by atoms with Crippen molar-refractivity contribution in [2.45, 2.75) is 25.9 Å². The van der Waals surface area contributed by atoms with Crippen molar-refractivity contribution >= 4 is 0 Å². The number of hydrogen-bond donors (Lipinski definition) is 1. The highest BCUT2D eigenvalue weighted by Crippen LogP contribution is 2.22. The highest BCUT2D eigenvalue weighted by atomic mass is 16.5. The number of nitrogens with zero attached hydrogens (tertiary/aromatic N) is 1. The summed E-state index contributed by atoms with van der Waals surface area (Å²) in [7, 11) is 0. The molecule has 1 N–H and O–H groups in total. The van der Waals surface area contributed by atoms with Crippen molar-refractivity contribution in [1.29, 1.82) is 5.26 Å². The van der Waals surface area contributed by atoms with Gasteiger partial charge in [-0.3, -0.25) is 0 Å². The van der Waals surface area contributed by atoms with Crippen LogP contribution in [-0.2, 0) is 0 Å². The summed E-state index contributed by atoms with van der Waals surface area (Å²) in [5, 5.41) is 19.1. The maximum absolute atomic E-state index is 10.3. The zero-order valence-corrected chi connectivity index (χ0v) is 12.3. The molecule has 2 aromatic rings. The van der Waals surface area contributed by atoms with Gasteiger partial charge in [0, 0.05) is 5.92 Å². The highest BCUT2D eigenvalue weighted by Gasteiger charge is 2.17. The number of hydrogen-bond acceptors (Lipinski definition) is 3. The maximum atomic E-state index is 10.3. The number of aliphatic hydroxyl groups is 1. The summed E-state index contributed by atoms with van der Waals surface area (Å²) in [4.78, 5) is 0. The molecule has 0 amide bonds. The number of para-hydroxylation sites is 1. The molecule has 0 spiro atoms. The van der Waals surface area contributed by atoms with E-state index in [0.29, 0.717) is 5.56 Å². The van der Waals surface area contributed by atoms with Crippen LogP contribution >= 0.6 is 0 Å². The summed E-state index contributed by atoms with van der Waals surface area (Å²) in [6.07, 6.45) is -0.599. The van der Waals surface area contributed by atoms with Crippen LogP contribution in [0.4, 0.5) is 0 Å². The number of rotatable bonds is 5. The first-order valence-electron chi connectivity index (χ1n) is 6.98. The molecule has 21 heavy (non-hydrogen) atoms. The van der Waals surface area contributed by atoms with Gasteiger partial charge in [0.25, 0.3) is 0 Å². The van der Waals surface area contributed by atoms with Gasteiger partial charge in [-0.1, -0.05) is 37.3 Å². The Morgan fingerprint density at radius 1 is 1.14 bits per heavy atom. The fourth-order valence-electron chi connectivity index (χ4n) is 2.12. The quantitative estimate of drug-likeness (QED) is 0.913. The molecule has 0 fully saturated rings. The molecule has 0 aliphatic carbocycles. The van der Waals surface area contributed by atoms with Crippen molar-refractivity contribution in [3.63, 3.8) is 0 Å². The van der Waals surface area contributed by atoms with Crippen molar-refractivity contribution in [2.24, 2.45) is 0 Å². The molecule has 0 heterocycles. The number of benzene rings is 2. The van der Waals surface area contributed by atoms with Gasteiger partial charge < -0.3 is 9.84 Å². The Hall–Kier alpha value is -2.31. The smallest absolute Gasteiger partial charge is 0.122 e. The lowest BCUT2D eigenvalue weighted by Crippen LogP contribution is -2.24. The topological polar surface area (TPSA) is 53.2 Å². The molecule has 3 heteroatoms. The van der Waals surface area contributed by atoms with Crippen LogP contribution in [0.5, 0.6) is 5.75 Å². The lowest BCUT2D eigenvalue weighted by molar-refractivity contribution is 0.0881. The van der Waals surface area contributed by atoms with E-state index in [1.807, 2.05) is 50.2 Å². The summed E-state index contributed by atoms with van der Waals surface area (Å²) >= 11 is 0. The highest BCUT2D eigenvalue weighted by molar-refractivity contribution is 5.34. The fourth-order valence-corrected chi connectivity index (χ4v) is 2.12. The zero-order chi connectivity index (χ0) is 15.2. The molecule has 0 aliphatic rings. The molecule has 3 nitrogen and oxygen atoms in total. The summed E-state index contributed by atoms with van der Waals surface area (Å²) in [5.74, 6) is 0.741. The second-order valence-electron chi connectivity index (χ2n) is 5.17. The molecule has 108 valence electrons. The van der Waals surface area contributed by atoms with E-state index in [2.05, 4.69) is 6.07 Å². The van der Waals surface area contributed by atoms with Gasteiger partial charge in [-0.05, 0) is 36.2 Å². The second kappa shape index (κ2) is 6.92. The summed E-state index contributed by atoms with van der Waals surface area (Å²) in [6.45, 7) is 4.17. The van der Waals surface area contributed by atoms with Crippen molar-refractivity contribution in [2.75, 3.05) is 6.61 Å². The van der Waals surface area contributed by atoms with E-state index in [1.54, 1.807) is 12.1 Å². The fraction of sp³-hybridized carbons (Fsp3) is 0.278. The Labute approximate surface area is 125 Å². The Morgan fingerprint density at radius 2 is 1.81 bits per heavy atom. The van der Waals surface area contributed by atoms with Gasteiger partial charge in [0.15, 0.2) is 0 Å². The van der Waals surface area contributed by atoms with Gasteiger partial charge >= 0.3 is 0 Å². The van der Waals surface area contributed by atoms with Crippen molar-refractivity contribution in [3.8, 4) is 11.8 Å². The third-order valence-corrected chi connectivity index (χ3v) is 3.65. The van der Waals surface area contributed by atoms with Crippen molar-refractivity contribution in [3.05, 3.63) is 65.2 Å². The Bertz CT molecular complexity index is 628. The lowest BCUT2D eigenvalue weighted by Gasteiger charge is -2.20. The normalized spacial score (nSPS) is 13.2. The largest absolute Gasteiger partial charge is 0.491 e. The second-order valence-corrected chi connectivity index (χ2v) is 5.17. The molecule has 2 unspecified atom stereocenters. The molecule has 0 radical (unpaired) electrons. The first-order chi connectivity index (χ1) is 10.1. The first kappa shape index (κ1) is 15.1. The zero-order valence-electron chi connectivity index (χ0n) is 12.3. The lowest BCUT2D eigenvalue weighted by atomic mass is 9.95. The van der Waals surface area contributed by atoms with Crippen molar-refractivity contribution < 1.29 is 9.84 Å². The van der Waals surface area contributed by atoms with Gasteiger partial charge in [-0.15, -0.1) is 0 Å². The van der Waals surface area contributed by atoms with E-state index in [0.717, 1.165) is 16.9 Å². The van der Waals surface area contributed by atoms with Crippen LogP contribution in [0.2, 0.25) is 0 Å². The molecule has 0 saturated heterocycles. The number of ether oxygens (including phenoxy) is 1. The molecular formula is C18H19NO2. The van der Waals surface area contributed by atoms with Crippen LogP contribution in [0.3, 0.4) is 0 Å².